The molecular formula is C5H7N2O3-. The quantitative estimate of drug-likeness (QED) is 0.304. The summed E-state index contributed by atoms with van der Waals surface area (Å²) in [5.74, 6) is -2.42. The van der Waals surface area contributed by atoms with Gasteiger partial charge >= 0.3 is 11.9 Å². The van der Waals surface area contributed by atoms with Gasteiger partial charge in [-0.3, -0.25) is 4.79 Å². The van der Waals surface area contributed by atoms with Crippen LogP contribution in [0, 0.1) is 0 Å². The van der Waals surface area contributed by atoms with E-state index in [0.29, 0.717) is 0 Å². The fourth-order valence-electron chi connectivity index (χ4n) is 0.305. The highest BCUT2D eigenvalue weighted by Crippen LogP contribution is 1.90. The molecule has 0 saturated carbocycles. The summed E-state index contributed by atoms with van der Waals surface area (Å²) in [5.41, 5.74) is 7.79. The van der Waals surface area contributed by atoms with Crippen LogP contribution in [-0.2, 0) is 14.3 Å². The monoisotopic (exact) mass is 143 g/mol. The predicted octanol–water partition coefficient (Wildman–Crippen LogP) is 0.486. The van der Waals surface area contributed by atoms with Gasteiger partial charge in [-0.1, -0.05) is 0 Å². The Kier molecular flexibility index (Phi) is 3.24. The number of esters is 1. The second-order valence-corrected chi connectivity index (χ2v) is 1.86. The number of carbonyl (C=O) groups excluding carboxylic acids is 2. The maximum Gasteiger partial charge on any atom is 0.397 e. The molecule has 0 aliphatic heterocycles. The van der Waals surface area contributed by atoms with Crippen LogP contribution in [0.3, 0.4) is 0 Å². The molecule has 0 atom stereocenters. The SMILES string of the molecule is CC(C)OC(=O)C(=O)N=[N-]. The molecule has 0 saturated heterocycles. The number of nitrogens with zero attached hydrogens (tertiary/aromatic N) is 2. The zero-order valence-corrected chi connectivity index (χ0v) is 5.70. The van der Waals surface area contributed by atoms with Crippen molar-refractivity contribution in [2.24, 2.45) is 5.11 Å². The van der Waals surface area contributed by atoms with Crippen molar-refractivity contribution in [2.45, 2.75) is 20.0 Å². The van der Waals surface area contributed by atoms with Crippen molar-refractivity contribution in [1.82, 2.24) is 0 Å². The van der Waals surface area contributed by atoms with Crippen LogP contribution in [0.15, 0.2) is 5.11 Å². The summed E-state index contributed by atoms with van der Waals surface area (Å²) in [6, 6.07) is 0. The molecule has 0 aromatic carbocycles. The zero-order valence-electron chi connectivity index (χ0n) is 5.70. The summed E-state index contributed by atoms with van der Waals surface area (Å²) in [7, 11) is 0. The minimum absolute atomic E-state index is 0.377. The fraction of sp³-hybridized carbons (Fsp3) is 0.600. The topological polar surface area (TPSA) is 78.0 Å². The molecule has 0 aliphatic carbocycles. The second kappa shape index (κ2) is 3.71. The number of amides is 1. The van der Waals surface area contributed by atoms with E-state index < -0.39 is 11.9 Å². The van der Waals surface area contributed by atoms with Crippen molar-refractivity contribution in [2.75, 3.05) is 0 Å². The third-order valence-electron chi connectivity index (χ3n) is 0.608. The van der Waals surface area contributed by atoms with Gasteiger partial charge < -0.3 is 15.4 Å². The molecule has 0 aliphatic rings. The number of carbonyl (C=O) groups is 2. The lowest BCUT2D eigenvalue weighted by Gasteiger charge is -2.04. The number of hydrogen-bond donors (Lipinski definition) is 0. The first-order chi connectivity index (χ1) is 4.57. The molecule has 0 aromatic heterocycles. The Morgan fingerprint density at radius 1 is 1.50 bits per heavy atom. The standard InChI is InChI=1S/C5H7N2O3/c1-3(2)10-5(9)4(8)7-6/h3H,1-2H3/q-1. The van der Waals surface area contributed by atoms with Crippen molar-refractivity contribution < 1.29 is 14.3 Å². The highest BCUT2D eigenvalue weighted by atomic mass is 16.5. The van der Waals surface area contributed by atoms with Crippen LogP contribution in [0.4, 0.5) is 0 Å². The normalized spacial score (nSPS) is 9.10. The van der Waals surface area contributed by atoms with Gasteiger partial charge in [-0.15, -0.1) is 0 Å². The van der Waals surface area contributed by atoms with Gasteiger partial charge in [0.2, 0.25) is 0 Å². The largest absolute Gasteiger partial charge is 0.703 e. The van der Waals surface area contributed by atoms with E-state index in [-0.39, 0.29) is 6.10 Å². The average molecular weight is 143 g/mol. The molecule has 5 nitrogen and oxygen atoms in total. The molecule has 5 heteroatoms. The van der Waals surface area contributed by atoms with E-state index in [1.165, 1.54) is 0 Å². The maximum absolute atomic E-state index is 10.4. The third kappa shape index (κ3) is 2.91. The van der Waals surface area contributed by atoms with Crippen molar-refractivity contribution in [3.8, 4) is 0 Å². The Bertz CT molecular complexity index is 164. The van der Waals surface area contributed by atoms with Crippen LogP contribution in [0.5, 0.6) is 0 Å². The van der Waals surface area contributed by atoms with Crippen molar-refractivity contribution in [3.63, 3.8) is 0 Å². The van der Waals surface area contributed by atoms with Crippen LogP contribution >= 0.6 is 0 Å². The van der Waals surface area contributed by atoms with Gasteiger partial charge in [0.15, 0.2) is 0 Å². The number of ether oxygens (including phenoxy) is 1. The van der Waals surface area contributed by atoms with Gasteiger partial charge in [0, 0.05) is 0 Å². The summed E-state index contributed by atoms with van der Waals surface area (Å²) in [4.78, 5) is 20.5. The van der Waals surface area contributed by atoms with Crippen LogP contribution in [-0.4, -0.2) is 18.0 Å². The minimum atomic E-state index is -1.28. The molecule has 10 heavy (non-hydrogen) atoms. The van der Waals surface area contributed by atoms with Gasteiger partial charge in [-0.2, -0.15) is 0 Å². The molecule has 0 unspecified atom stereocenters. The summed E-state index contributed by atoms with van der Waals surface area (Å²) < 4.78 is 4.36. The molecule has 1 amide bonds. The maximum atomic E-state index is 10.4. The van der Waals surface area contributed by atoms with Crippen LogP contribution < -0.4 is 0 Å². The molecule has 56 valence electrons. The Morgan fingerprint density at radius 3 is 2.30 bits per heavy atom. The summed E-state index contributed by atoms with van der Waals surface area (Å²) in [6.07, 6.45) is -0.377. The van der Waals surface area contributed by atoms with Crippen LogP contribution in [0.2, 0.25) is 0 Å². The number of rotatable bonds is 1. The molecule has 0 radical (unpaired) electrons. The lowest BCUT2D eigenvalue weighted by atomic mass is 10.5. The molecule has 0 bridgehead atoms. The van der Waals surface area contributed by atoms with E-state index in [9.17, 15) is 9.59 Å². The Morgan fingerprint density at radius 2 is 2.00 bits per heavy atom. The molecule has 0 rings (SSSR count). The molecule has 0 heterocycles. The van der Waals surface area contributed by atoms with E-state index in [1.54, 1.807) is 13.8 Å². The second-order valence-electron chi connectivity index (χ2n) is 1.86. The van der Waals surface area contributed by atoms with Gasteiger partial charge in [0.25, 0.3) is 0 Å². The van der Waals surface area contributed by atoms with Crippen LogP contribution in [0.1, 0.15) is 13.8 Å². The van der Waals surface area contributed by atoms with Crippen molar-refractivity contribution in [1.29, 1.82) is 0 Å². The molecule has 0 aromatic rings. The zero-order chi connectivity index (χ0) is 8.15. The Labute approximate surface area is 57.9 Å². The lowest BCUT2D eigenvalue weighted by Crippen LogP contribution is -2.18. The van der Waals surface area contributed by atoms with Gasteiger partial charge in [0.05, 0.1) is 6.10 Å². The Hall–Kier alpha value is -1.26. The third-order valence-corrected chi connectivity index (χ3v) is 0.608. The van der Waals surface area contributed by atoms with Gasteiger partial charge in [-0.05, 0) is 13.8 Å². The van der Waals surface area contributed by atoms with Crippen molar-refractivity contribution >= 4 is 11.9 Å². The lowest BCUT2D eigenvalue weighted by molar-refractivity contribution is -0.156. The average Bonchev–Trinajstić information content (AvgIpc) is 1.85. The van der Waals surface area contributed by atoms with E-state index in [2.05, 4.69) is 9.85 Å². The minimum Gasteiger partial charge on any atom is -0.703 e. The van der Waals surface area contributed by atoms with Crippen LogP contribution in [0.25, 0.3) is 5.53 Å². The molecule has 0 N–H and O–H groups in total. The highest BCUT2D eigenvalue weighted by molar-refractivity contribution is 6.32. The number of hydrogen-bond acceptors (Lipinski definition) is 3. The van der Waals surface area contributed by atoms with E-state index in [4.69, 9.17) is 5.53 Å². The van der Waals surface area contributed by atoms with Gasteiger partial charge in [-0.25, -0.2) is 4.79 Å². The fourth-order valence-corrected chi connectivity index (χ4v) is 0.305. The van der Waals surface area contributed by atoms with Crippen molar-refractivity contribution in [3.05, 3.63) is 5.53 Å². The smallest absolute Gasteiger partial charge is 0.397 e. The summed E-state index contributed by atoms with van der Waals surface area (Å²) in [6.45, 7) is 3.17. The molecular weight excluding hydrogens is 136 g/mol. The first kappa shape index (κ1) is 8.74. The summed E-state index contributed by atoms with van der Waals surface area (Å²) in [5, 5.41) is 2.13. The predicted molar refractivity (Wildman–Crippen MR) is 32.0 cm³/mol. The van der Waals surface area contributed by atoms with E-state index in [1.807, 2.05) is 0 Å². The molecule has 0 spiro atoms. The first-order valence-corrected chi connectivity index (χ1v) is 2.68. The highest BCUT2D eigenvalue weighted by Gasteiger charge is 2.11. The molecule has 0 fully saturated rings. The van der Waals surface area contributed by atoms with E-state index in [0.717, 1.165) is 0 Å². The summed E-state index contributed by atoms with van der Waals surface area (Å²) >= 11 is 0. The van der Waals surface area contributed by atoms with E-state index >= 15 is 0 Å². The first-order valence-electron chi connectivity index (χ1n) is 2.68. The Balaban J connectivity index is 3.85. The van der Waals surface area contributed by atoms with Gasteiger partial charge in [0.1, 0.15) is 0 Å².